The first kappa shape index (κ1) is 26.1. The van der Waals surface area contributed by atoms with Crippen LogP contribution in [0.25, 0.3) is 21.6 Å². The van der Waals surface area contributed by atoms with E-state index in [9.17, 15) is 0 Å². The van der Waals surface area contributed by atoms with Gasteiger partial charge in [-0.05, 0) is 77.0 Å². The van der Waals surface area contributed by atoms with Crippen molar-refractivity contribution >= 4 is 67.9 Å². The van der Waals surface area contributed by atoms with Gasteiger partial charge in [0.05, 0.1) is 5.69 Å². The average molecular weight is 593 g/mol. The van der Waals surface area contributed by atoms with E-state index in [4.69, 9.17) is 0 Å². The fraction of sp³-hybridized carbons (Fsp3) is 0.0244. The standard InChI is InChI=1S/C41H29BN2S/c1-28-26-35-38-36(27-28)44(32-22-12-5-13-23-32)39-37(29-16-6-2-7-17-29)40(30-18-8-3-9-19-30)45-41(39)42(38)33-24-14-15-25-34(33)43(35)31-20-10-4-11-21-31/h2-27H,1H3. The highest BCUT2D eigenvalue weighted by Gasteiger charge is 2.46. The molecule has 45 heavy (non-hydrogen) atoms. The van der Waals surface area contributed by atoms with E-state index in [2.05, 4.69) is 174 Å². The minimum absolute atomic E-state index is 0.103. The van der Waals surface area contributed by atoms with E-state index in [1.54, 1.807) is 0 Å². The maximum absolute atomic E-state index is 2.54. The normalized spacial score (nSPS) is 12.9. The number of nitrogens with zero attached hydrogens (tertiary/aromatic N) is 2. The molecule has 0 fully saturated rings. The second-order valence-electron chi connectivity index (χ2n) is 11.8. The molecule has 0 amide bonds. The molecule has 7 aromatic rings. The minimum atomic E-state index is 0.103. The maximum atomic E-state index is 2.54. The largest absolute Gasteiger partial charge is 0.311 e. The zero-order chi connectivity index (χ0) is 29.9. The number of aryl methyl sites for hydroxylation is 1. The molecule has 2 aliphatic rings. The Morgan fingerprint density at radius 2 is 1.02 bits per heavy atom. The van der Waals surface area contributed by atoms with Gasteiger partial charge < -0.3 is 9.80 Å². The van der Waals surface area contributed by atoms with Crippen LogP contribution in [-0.4, -0.2) is 6.71 Å². The Morgan fingerprint density at radius 1 is 0.511 bits per heavy atom. The lowest BCUT2D eigenvalue weighted by Crippen LogP contribution is -2.60. The van der Waals surface area contributed by atoms with Gasteiger partial charge in [-0.2, -0.15) is 0 Å². The molecule has 3 heterocycles. The third-order valence-corrected chi connectivity index (χ3v) is 10.4. The summed E-state index contributed by atoms with van der Waals surface area (Å²) < 4.78 is 1.38. The van der Waals surface area contributed by atoms with E-state index in [0.717, 1.165) is 0 Å². The lowest BCUT2D eigenvalue weighted by Gasteiger charge is -2.43. The zero-order valence-electron chi connectivity index (χ0n) is 24.9. The quantitative estimate of drug-likeness (QED) is 0.188. The third-order valence-electron chi connectivity index (χ3n) is 9.06. The van der Waals surface area contributed by atoms with Crippen LogP contribution in [0.3, 0.4) is 0 Å². The van der Waals surface area contributed by atoms with Gasteiger partial charge in [-0.1, -0.05) is 115 Å². The minimum Gasteiger partial charge on any atom is -0.311 e. The van der Waals surface area contributed by atoms with Crippen LogP contribution in [0.2, 0.25) is 0 Å². The van der Waals surface area contributed by atoms with Crippen molar-refractivity contribution in [1.82, 2.24) is 0 Å². The summed E-state index contributed by atoms with van der Waals surface area (Å²) in [6.07, 6.45) is 0. The molecule has 0 spiro atoms. The molecule has 0 unspecified atom stereocenters. The summed E-state index contributed by atoms with van der Waals surface area (Å²) in [6.45, 7) is 2.33. The third kappa shape index (κ3) is 4.03. The second-order valence-corrected chi connectivity index (χ2v) is 12.9. The molecule has 4 heteroatoms. The Balaban J connectivity index is 1.44. The number of hydrogen-bond acceptors (Lipinski definition) is 3. The summed E-state index contributed by atoms with van der Waals surface area (Å²) in [7, 11) is 0. The fourth-order valence-corrected chi connectivity index (χ4v) is 8.71. The molecule has 6 aromatic carbocycles. The molecule has 0 aliphatic carbocycles. The van der Waals surface area contributed by atoms with Gasteiger partial charge in [-0.3, -0.25) is 0 Å². The number of para-hydroxylation sites is 3. The Morgan fingerprint density at radius 3 is 1.67 bits per heavy atom. The van der Waals surface area contributed by atoms with Crippen LogP contribution >= 0.6 is 11.3 Å². The average Bonchev–Trinajstić information content (AvgIpc) is 3.50. The van der Waals surface area contributed by atoms with Gasteiger partial charge >= 0.3 is 0 Å². The highest BCUT2D eigenvalue weighted by Crippen LogP contribution is 2.52. The molecule has 0 saturated carbocycles. The van der Waals surface area contributed by atoms with Crippen LogP contribution in [-0.2, 0) is 0 Å². The van der Waals surface area contributed by atoms with Crippen LogP contribution in [0.15, 0.2) is 158 Å². The van der Waals surface area contributed by atoms with Crippen molar-refractivity contribution in [2.24, 2.45) is 0 Å². The van der Waals surface area contributed by atoms with Gasteiger partial charge in [0.2, 0.25) is 0 Å². The van der Waals surface area contributed by atoms with Crippen molar-refractivity contribution in [2.75, 3.05) is 9.80 Å². The Hall–Kier alpha value is -5.32. The number of anilines is 6. The fourth-order valence-electron chi connectivity index (χ4n) is 7.26. The first-order chi connectivity index (χ1) is 22.3. The SMILES string of the molecule is Cc1cc2c3c(c1)N(c1ccccc1)c1c(sc(-c4ccccc4)c1-c1ccccc1)B3c1ccccc1N2c1ccccc1. The van der Waals surface area contributed by atoms with Gasteiger partial charge in [-0.15, -0.1) is 11.3 Å². The molecule has 2 nitrogen and oxygen atoms in total. The van der Waals surface area contributed by atoms with Gasteiger partial charge in [-0.25, -0.2) is 0 Å². The molecule has 0 N–H and O–H groups in total. The first-order valence-electron chi connectivity index (χ1n) is 15.5. The van der Waals surface area contributed by atoms with Crippen LogP contribution in [0.5, 0.6) is 0 Å². The maximum Gasteiger partial charge on any atom is 0.264 e. The lowest BCUT2D eigenvalue weighted by atomic mass is 9.36. The van der Waals surface area contributed by atoms with Crippen LogP contribution in [0, 0.1) is 6.92 Å². The predicted octanol–water partition coefficient (Wildman–Crippen LogP) is 9.47. The number of rotatable bonds is 4. The van der Waals surface area contributed by atoms with Gasteiger partial charge in [0, 0.05) is 43.7 Å². The van der Waals surface area contributed by atoms with Gasteiger partial charge in [0.25, 0.3) is 6.71 Å². The predicted molar refractivity (Wildman–Crippen MR) is 194 cm³/mol. The van der Waals surface area contributed by atoms with E-state index in [1.165, 1.54) is 77.0 Å². The van der Waals surface area contributed by atoms with E-state index in [-0.39, 0.29) is 6.71 Å². The van der Waals surface area contributed by atoms with Gasteiger partial charge in [0.1, 0.15) is 0 Å². The molecule has 2 aliphatic heterocycles. The molecule has 212 valence electrons. The van der Waals surface area contributed by atoms with Crippen molar-refractivity contribution in [2.45, 2.75) is 6.92 Å². The monoisotopic (exact) mass is 592 g/mol. The summed E-state index contributed by atoms with van der Waals surface area (Å²) in [5.74, 6) is 0. The zero-order valence-corrected chi connectivity index (χ0v) is 25.7. The van der Waals surface area contributed by atoms with Crippen LogP contribution in [0.4, 0.5) is 34.1 Å². The van der Waals surface area contributed by atoms with Crippen molar-refractivity contribution in [1.29, 1.82) is 0 Å². The topological polar surface area (TPSA) is 6.48 Å². The molecule has 0 saturated heterocycles. The summed E-state index contributed by atoms with van der Waals surface area (Å²) in [5, 5.41) is 0. The van der Waals surface area contributed by atoms with E-state index < -0.39 is 0 Å². The molecule has 0 bridgehead atoms. The lowest BCUT2D eigenvalue weighted by molar-refractivity contribution is 1.24. The molecule has 0 atom stereocenters. The van der Waals surface area contributed by atoms with Crippen molar-refractivity contribution in [3.05, 3.63) is 163 Å². The summed E-state index contributed by atoms with van der Waals surface area (Å²) in [6, 6.07) is 57.4. The molecular formula is C41H29BN2S. The Labute approximate surface area is 268 Å². The summed E-state index contributed by atoms with van der Waals surface area (Å²) >= 11 is 1.95. The van der Waals surface area contributed by atoms with Crippen LogP contribution < -0.4 is 25.5 Å². The van der Waals surface area contributed by atoms with Crippen molar-refractivity contribution in [3.63, 3.8) is 0 Å². The number of fused-ring (bicyclic) bond motifs is 4. The van der Waals surface area contributed by atoms with Crippen LogP contribution in [0.1, 0.15) is 5.56 Å². The Bertz CT molecular complexity index is 2180. The molecular weight excluding hydrogens is 563 g/mol. The molecule has 1 aromatic heterocycles. The number of thiophene rings is 1. The first-order valence-corrected chi connectivity index (χ1v) is 16.3. The van der Waals surface area contributed by atoms with Crippen molar-refractivity contribution < 1.29 is 0 Å². The summed E-state index contributed by atoms with van der Waals surface area (Å²) in [5.41, 5.74) is 15.1. The highest BCUT2D eigenvalue weighted by atomic mass is 32.1. The van der Waals surface area contributed by atoms with E-state index >= 15 is 0 Å². The van der Waals surface area contributed by atoms with E-state index in [0.29, 0.717) is 0 Å². The second kappa shape index (κ2) is 10.4. The smallest absolute Gasteiger partial charge is 0.264 e. The number of hydrogen-bond donors (Lipinski definition) is 0. The van der Waals surface area contributed by atoms with Gasteiger partial charge in [0.15, 0.2) is 0 Å². The van der Waals surface area contributed by atoms with E-state index in [1.807, 2.05) is 11.3 Å². The number of benzene rings is 6. The molecule has 0 radical (unpaired) electrons. The summed E-state index contributed by atoms with van der Waals surface area (Å²) in [4.78, 5) is 6.32. The Kier molecular flexibility index (Phi) is 6.04. The molecule has 9 rings (SSSR count). The van der Waals surface area contributed by atoms with Crippen molar-refractivity contribution in [3.8, 4) is 21.6 Å². The highest BCUT2D eigenvalue weighted by molar-refractivity contribution is 7.31.